The van der Waals surface area contributed by atoms with Crippen LogP contribution in [-0.2, 0) is 0 Å². The van der Waals surface area contributed by atoms with Gasteiger partial charge in [-0.15, -0.1) is 0 Å². The minimum atomic E-state index is -3.09. The molecule has 1 aromatic rings. The number of aliphatic hydroxyl groups excluding tert-OH is 1. The summed E-state index contributed by atoms with van der Waals surface area (Å²) in [5.41, 5.74) is 0.894. The summed E-state index contributed by atoms with van der Waals surface area (Å²) in [6, 6.07) is 7.25. The number of benzene rings is 1. The molecule has 18 heavy (non-hydrogen) atoms. The van der Waals surface area contributed by atoms with E-state index in [4.69, 9.17) is 9.84 Å². The molecular weight excluding hydrogens is 240 g/mol. The number of aliphatic hydroxyl groups is 1. The SMILES string of the molecule is CC1COc2ccccc2C1NCC(F)(F)CO. The monoisotopic (exact) mass is 257 g/mol. The van der Waals surface area contributed by atoms with Crippen molar-refractivity contribution in [1.82, 2.24) is 5.32 Å². The molecule has 0 radical (unpaired) electrons. The summed E-state index contributed by atoms with van der Waals surface area (Å²) in [5, 5.41) is 11.4. The maximum absolute atomic E-state index is 13.1. The van der Waals surface area contributed by atoms with Gasteiger partial charge in [0.1, 0.15) is 12.4 Å². The van der Waals surface area contributed by atoms with Crippen molar-refractivity contribution in [3.63, 3.8) is 0 Å². The Morgan fingerprint density at radius 3 is 2.89 bits per heavy atom. The van der Waals surface area contributed by atoms with Gasteiger partial charge in [-0.2, -0.15) is 0 Å². The number of alkyl halides is 2. The van der Waals surface area contributed by atoms with Crippen LogP contribution >= 0.6 is 0 Å². The van der Waals surface area contributed by atoms with Crippen LogP contribution in [0.15, 0.2) is 24.3 Å². The fourth-order valence-electron chi connectivity index (χ4n) is 2.12. The quantitative estimate of drug-likeness (QED) is 0.866. The molecule has 0 fully saturated rings. The first-order valence-corrected chi connectivity index (χ1v) is 5.97. The lowest BCUT2D eigenvalue weighted by atomic mass is 9.92. The summed E-state index contributed by atoms with van der Waals surface area (Å²) in [5.74, 6) is -2.25. The molecule has 0 aromatic heterocycles. The summed E-state index contributed by atoms with van der Waals surface area (Å²) >= 11 is 0. The van der Waals surface area contributed by atoms with Crippen molar-refractivity contribution in [3.8, 4) is 5.75 Å². The number of para-hydroxylation sites is 1. The number of nitrogens with one attached hydrogen (secondary N) is 1. The molecule has 0 saturated heterocycles. The van der Waals surface area contributed by atoms with E-state index in [1.54, 1.807) is 0 Å². The van der Waals surface area contributed by atoms with Crippen molar-refractivity contribution >= 4 is 0 Å². The highest BCUT2D eigenvalue weighted by molar-refractivity contribution is 5.37. The van der Waals surface area contributed by atoms with Gasteiger partial charge in [-0.25, -0.2) is 8.78 Å². The first kappa shape index (κ1) is 13.2. The Balaban J connectivity index is 2.12. The summed E-state index contributed by atoms with van der Waals surface area (Å²) in [7, 11) is 0. The topological polar surface area (TPSA) is 41.5 Å². The van der Waals surface area contributed by atoms with Gasteiger partial charge < -0.3 is 15.2 Å². The molecule has 0 saturated carbocycles. The third-order valence-corrected chi connectivity index (χ3v) is 3.14. The van der Waals surface area contributed by atoms with Crippen LogP contribution in [0.3, 0.4) is 0 Å². The highest BCUT2D eigenvalue weighted by Gasteiger charge is 2.33. The third-order valence-electron chi connectivity index (χ3n) is 3.14. The van der Waals surface area contributed by atoms with Gasteiger partial charge in [0.2, 0.25) is 0 Å². The average molecular weight is 257 g/mol. The minimum absolute atomic E-state index is 0.106. The van der Waals surface area contributed by atoms with Gasteiger partial charge in [0, 0.05) is 17.5 Å². The number of rotatable bonds is 4. The summed E-state index contributed by atoms with van der Waals surface area (Å²) in [4.78, 5) is 0. The first-order valence-electron chi connectivity index (χ1n) is 5.97. The molecule has 100 valence electrons. The number of halogens is 2. The standard InChI is InChI=1S/C13H17F2NO2/c1-9-6-18-11-5-3-2-4-10(11)12(9)16-7-13(14,15)8-17/h2-5,9,12,16-17H,6-8H2,1H3. The maximum atomic E-state index is 13.1. The molecule has 0 bridgehead atoms. The van der Waals surface area contributed by atoms with Crippen LogP contribution in [0, 0.1) is 5.92 Å². The lowest BCUT2D eigenvalue weighted by molar-refractivity contribution is -0.0513. The zero-order valence-electron chi connectivity index (χ0n) is 10.2. The molecule has 2 rings (SSSR count). The molecule has 5 heteroatoms. The molecule has 0 aliphatic carbocycles. The van der Waals surface area contributed by atoms with Gasteiger partial charge >= 0.3 is 0 Å². The Morgan fingerprint density at radius 2 is 2.17 bits per heavy atom. The van der Waals surface area contributed by atoms with Gasteiger partial charge in [0.05, 0.1) is 13.2 Å². The van der Waals surface area contributed by atoms with Crippen molar-refractivity contribution < 1.29 is 18.6 Å². The Labute approximate surface area is 105 Å². The molecule has 1 aliphatic rings. The molecule has 0 spiro atoms. The molecule has 3 nitrogen and oxygen atoms in total. The Bertz CT molecular complexity index is 412. The normalized spacial score (nSPS) is 23.3. The van der Waals surface area contributed by atoms with E-state index < -0.39 is 19.1 Å². The van der Waals surface area contributed by atoms with E-state index >= 15 is 0 Å². The van der Waals surface area contributed by atoms with Crippen LogP contribution in [0.5, 0.6) is 5.75 Å². The van der Waals surface area contributed by atoms with Crippen molar-refractivity contribution in [2.45, 2.75) is 18.9 Å². The molecule has 2 N–H and O–H groups in total. The van der Waals surface area contributed by atoms with Crippen LogP contribution in [0.1, 0.15) is 18.5 Å². The van der Waals surface area contributed by atoms with Gasteiger partial charge in [-0.1, -0.05) is 25.1 Å². The van der Waals surface area contributed by atoms with E-state index in [0.717, 1.165) is 11.3 Å². The van der Waals surface area contributed by atoms with Crippen LogP contribution in [0.2, 0.25) is 0 Å². The molecule has 2 unspecified atom stereocenters. The van der Waals surface area contributed by atoms with Crippen molar-refractivity contribution in [3.05, 3.63) is 29.8 Å². The number of ether oxygens (including phenoxy) is 1. The summed E-state index contributed by atoms with van der Waals surface area (Å²) in [6.07, 6.45) is 0. The van der Waals surface area contributed by atoms with E-state index in [2.05, 4.69) is 5.32 Å². The largest absolute Gasteiger partial charge is 0.493 e. The number of fused-ring (bicyclic) bond motifs is 1. The highest BCUT2D eigenvalue weighted by Crippen LogP contribution is 2.35. The third kappa shape index (κ3) is 2.79. The molecule has 0 amide bonds. The molecule has 1 aromatic carbocycles. The number of hydrogen-bond acceptors (Lipinski definition) is 3. The molecule has 1 heterocycles. The van der Waals surface area contributed by atoms with Crippen LogP contribution in [0.25, 0.3) is 0 Å². The second-order valence-corrected chi connectivity index (χ2v) is 4.70. The Kier molecular flexibility index (Phi) is 3.82. The average Bonchev–Trinajstić information content (AvgIpc) is 2.37. The summed E-state index contributed by atoms with van der Waals surface area (Å²) < 4.78 is 31.7. The number of hydrogen-bond donors (Lipinski definition) is 2. The lowest BCUT2D eigenvalue weighted by Gasteiger charge is -2.33. The van der Waals surface area contributed by atoms with E-state index in [1.807, 2.05) is 31.2 Å². The maximum Gasteiger partial charge on any atom is 0.282 e. The zero-order valence-corrected chi connectivity index (χ0v) is 10.2. The van der Waals surface area contributed by atoms with Crippen molar-refractivity contribution in [1.29, 1.82) is 0 Å². The zero-order chi connectivity index (χ0) is 13.2. The van der Waals surface area contributed by atoms with Crippen molar-refractivity contribution in [2.75, 3.05) is 19.8 Å². The molecule has 1 aliphatic heterocycles. The minimum Gasteiger partial charge on any atom is -0.493 e. The lowest BCUT2D eigenvalue weighted by Crippen LogP contribution is -2.42. The van der Waals surface area contributed by atoms with Gasteiger partial charge in [0.15, 0.2) is 0 Å². The van der Waals surface area contributed by atoms with E-state index in [9.17, 15) is 8.78 Å². The molecular formula is C13H17F2NO2. The Hall–Kier alpha value is -1.20. The second-order valence-electron chi connectivity index (χ2n) is 4.70. The Morgan fingerprint density at radius 1 is 1.44 bits per heavy atom. The predicted molar refractivity (Wildman–Crippen MR) is 63.9 cm³/mol. The highest BCUT2D eigenvalue weighted by atomic mass is 19.3. The van der Waals surface area contributed by atoms with Gasteiger partial charge in [-0.05, 0) is 6.07 Å². The fraction of sp³-hybridized carbons (Fsp3) is 0.538. The first-order chi connectivity index (χ1) is 8.53. The van der Waals surface area contributed by atoms with Gasteiger partial charge in [0.25, 0.3) is 5.92 Å². The van der Waals surface area contributed by atoms with E-state index in [-0.39, 0.29) is 12.0 Å². The predicted octanol–water partition coefficient (Wildman–Crippen LogP) is 1.97. The van der Waals surface area contributed by atoms with Crippen LogP contribution in [-0.4, -0.2) is 30.8 Å². The fourth-order valence-corrected chi connectivity index (χ4v) is 2.12. The van der Waals surface area contributed by atoms with Crippen LogP contribution in [0.4, 0.5) is 8.78 Å². The van der Waals surface area contributed by atoms with Crippen LogP contribution < -0.4 is 10.1 Å². The van der Waals surface area contributed by atoms with E-state index in [0.29, 0.717) is 6.61 Å². The second kappa shape index (κ2) is 5.20. The van der Waals surface area contributed by atoms with Crippen molar-refractivity contribution in [2.24, 2.45) is 5.92 Å². The molecule has 2 atom stereocenters. The smallest absolute Gasteiger partial charge is 0.282 e. The van der Waals surface area contributed by atoms with E-state index in [1.165, 1.54) is 0 Å². The van der Waals surface area contributed by atoms with Gasteiger partial charge in [-0.3, -0.25) is 0 Å². The summed E-state index contributed by atoms with van der Waals surface area (Å²) in [6.45, 7) is 0.774.